The normalized spacial score (nSPS) is 15.5. The maximum atomic E-state index is 15.4. The van der Waals surface area contributed by atoms with E-state index in [2.05, 4.69) is 29.5 Å². The minimum atomic E-state index is -0.667. The minimum Gasteiger partial charge on any atom is -0.492 e. The molecule has 0 spiro atoms. The Kier molecular flexibility index (Phi) is 12.1. The van der Waals surface area contributed by atoms with Gasteiger partial charge in [0.2, 0.25) is 11.9 Å². The zero-order valence-electron chi connectivity index (χ0n) is 29.6. The highest BCUT2D eigenvalue weighted by molar-refractivity contribution is 6.00. The van der Waals surface area contributed by atoms with Gasteiger partial charge in [0.1, 0.15) is 18.0 Å². The molecule has 3 aromatic carbocycles. The van der Waals surface area contributed by atoms with Gasteiger partial charge in [0.25, 0.3) is 0 Å². The predicted molar refractivity (Wildman–Crippen MR) is 194 cm³/mol. The predicted octanol–water partition coefficient (Wildman–Crippen LogP) is 8.16. The highest BCUT2D eigenvalue weighted by Gasteiger charge is 2.24. The fraction of sp³-hybridized carbons (Fsp3) is 0.375. The van der Waals surface area contributed by atoms with Gasteiger partial charge in [-0.3, -0.25) is 4.79 Å². The van der Waals surface area contributed by atoms with Crippen LogP contribution in [0.15, 0.2) is 84.9 Å². The van der Waals surface area contributed by atoms with E-state index >= 15 is 4.39 Å². The van der Waals surface area contributed by atoms with Gasteiger partial charge in [0, 0.05) is 26.3 Å². The number of hydrogen-bond donors (Lipinski definition) is 1. The van der Waals surface area contributed by atoms with E-state index in [1.807, 2.05) is 60.7 Å². The number of nitrogens with zero attached hydrogens (tertiary/aromatic N) is 3. The number of fused-ring (bicyclic) bond motifs is 1. The molecule has 50 heavy (non-hydrogen) atoms. The lowest BCUT2D eigenvalue weighted by Gasteiger charge is -2.26. The molecule has 5 rings (SSSR count). The summed E-state index contributed by atoms with van der Waals surface area (Å²) in [6.07, 6.45) is 5.81. The van der Waals surface area contributed by atoms with Crippen LogP contribution in [-0.2, 0) is 14.3 Å². The first-order valence-corrected chi connectivity index (χ1v) is 17.3. The van der Waals surface area contributed by atoms with Gasteiger partial charge in [0.05, 0.1) is 17.4 Å². The van der Waals surface area contributed by atoms with E-state index in [1.165, 1.54) is 11.0 Å². The summed E-state index contributed by atoms with van der Waals surface area (Å²) >= 11 is 0. The molecule has 0 aliphatic carbocycles. The summed E-state index contributed by atoms with van der Waals surface area (Å²) in [4.78, 5) is 26.0. The van der Waals surface area contributed by atoms with E-state index < -0.39 is 17.6 Å². The molecule has 1 atom stereocenters. The van der Waals surface area contributed by atoms with Crippen molar-refractivity contribution in [1.82, 2.24) is 20.0 Å². The summed E-state index contributed by atoms with van der Waals surface area (Å²) in [7, 11) is 1.54. The quantitative estimate of drug-likeness (QED) is 0.120. The largest absolute Gasteiger partial charge is 0.492 e. The molecular formula is C40H47FN4O5. The fourth-order valence-corrected chi connectivity index (χ4v) is 6.02. The van der Waals surface area contributed by atoms with Gasteiger partial charge in [-0.15, -0.1) is 5.10 Å². The summed E-state index contributed by atoms with van der Waals surface area (Å²) in [6.45, 7) is 8.84. The molecule has 10 heteroatoms. The number of ether oxygens (including phenoxy) is 3. The Labute approximate surface area is 293 Å². The average molecular weight is 683 g/mol. The maximum absolute atomic E-state index is 15.4. The lowest BCUT2D eigenvalue weighted by Crippen LogP contribution is -2.39. The van der Waals surface area contributed by atoms with Crippen molar-refractivity contribution in [3.05, 3.63) is 108 Å². The van der Waals surface area contributed by atoms with Crippen LogP contribution in [0.4, 0.5) is 9.18 Å². The van der Waals surface area contributed by atoms with Gasteiger partial charge < -0.3 is 24.4 Å². The lowest BCUT2D eigenvalue weighted by atomic mass is 9.88. The Morgan fingerprint density at radius 2 is 1.78 bits per heavy atom. The molecule has 1 N–H and O–H groups in total. The van der Waals surface area contributed by atoms with Gasteiger partial charge >= 0.3 is 6.09 Å². The molecule has 2 heterocycles. The third-order valence-corrected chi connectivity index (χ3v) is 8.42. The number of likely N-dealkylation sites (N-methyl/N-ethyl adjacent to an activating group) is 1. The van der Waals surface area contributed by atoms with Crippen LogP contribution in [0.3, 0.4) is 0 Å². The molecule has 1 fully saturated rings. The Morgan fingerprint density at radius 1 is 1.04 bits per heavy atom. The highest BCUT2D eigenvalue weighted by Crippen LogP contribution is 2.37. The van der Waals surface area contributed by atoms with Crippen molar-refractivity contribution < 1.29 is 28.2 Å². The Morgan fingerprint density at radius 3 is 2.44 bits per heavy atom. The second kappa shape index (κ2) is 16.6. The number of halogens is 1. The topological polar surface area (TPSA) is 94.9 Å². The Hall–Kier alpha value is -4.96. The first-order chi connectivity index (χ1) is 24.1. The van der Waals surface area contributed by atoms with Crippen molar-refractivity contribution in [2.75, 3.05) is 33.4 Å². The molecule has 1 saturated heterocycles. The SMILES string of the molecule is CC/C(=C(/c1ccc(OCCN(C/C=C/C(=O)NC)C(=O)OC(C)(C)C)cc1)c1ccc2c(c1)c(F)nn2C1CCCCO1)c1ccccc1. The molecule has 2 amide bonds. The van der Waals surface area contributed by atoms with Crippen LogP contribution in [0, 0.1) is 5.95 Å². The average Bonchev–Trinajstić information content (AvgIpc) is 3.45. The van der Waals surface area contributed by atoms with Gasteiger partial charge in [-0.2, -0.15) is 4.39 Å². The van der Waals surface area contributed by atoms with E-state index in [4.69, 9.17) is 14.2 Å². The second-order valence-electron chi connectivity index (χ2n) is 13.2. The molecule has 1 aliphatic rings. The van der Waals surface area contributed by atoms with E-state index in [-0.39, 0.29) is 31.8 Å². The number of nitrogens with one attached hydrogen (secondary N) is 1. The number of hydrogen-bond acceptors (Lipinski definition) is 6. The van der Waals surface area contributed by atoms with Gasteiger partial charge in [-0.05, 0) is 98.6 Å². The van der Waals surface area contributed by atoms with Crippen molar-refractivity contribution >= 4 is 34.0 Å². The van der Waals surface area contributed by atoms with Crippen LogP contribution >= 0.6 is 0 Å². The number of allylic oxidation sites excluding steroid dienone is 1. The van der Waals surface area contributed by atoms with Crippen molar-refractivity contribution in [3.8, 4) is 5.75 Å². The van der Waals surface area contributed by atoms with Crippen LogP contribution in [0.1, 0.15) is 76.3 Å². The first kappa shape index (κ1) is 36.3. The van der Waals surface area contributed by atoms with Crippen molar-refractivity contribution in [1.29, 1.82) is 0 Å². The first-order valence-electron chi connectivity index (χ1n) is 17.3. The van der Waals surface area contributed by atoms with Crippen molar-refractivity contribution in [2.45, 2.75) is 65.2 Å². The van der Waals surface area contributed by atoms with Gasteiger partial charge in [-0.25, -0.2) is 9.48 Å². The van der Waals surface area contributed by atoms with E-state index in [0.717, 1.165) is 53.5 Å². The number of carbonyl (C=O) groups excluding carboxylic acids is 2. The fourth-order valence-electron chi connectivity index (χ4n) is 6.02. The van der Waals surface area contributed by atoms with Crippen LogP contribution in [0.2, 0.25) is 0 Å². The number of carbonyl (C=O) groups is 2. The maximum Gasteiger partial charge on any atom is 0.410 e. The van der Waals surface area contributed by atoms with Crippen LogP contribution in [-0.4, -0.2) is 65.6 Å². The minimum absolute atomic E-state index is 0.190. The van der Waals surface area contributed by atoms with Crippen molar-refractivity contribution in [3.63, 3.8) is 0 Å². The zero-order valence-corrected chi connectivity index (χ0v) is 29.6. The number of amides is 2. The highest BCUT2D eigenvalue weighted by atomic mass is 19.1. The van der Waals surface area contributed by atoms with Gasteiger partial charge in [-0.1, -0.05) is 61.5 Å². The van der Waals surface area contributed by atoms with Crippen LogP contribution in [0.25, 0.3) is 22.0 Å². The Balaban J connectivity index is 1.41. The molecule has 9 nitrogen and oxygen atoms in total. The monoisotopic (exact) mass is 682 g/mol. The molecule has 4 aromatic rings. The molecule has 1 aliphatic heterocycles. The molecule has 264 valence electrons. The second-order valence-corrected chi connectivity index (χ2v) is 13.2. The molecule has 0 saturated carbocycles. The molecule has 0 bridgehead atoms. The number of aromatic nitrogens is 2. The lowest BCUT2D eigenvalue weighted by molar-refractivity contribution is -0.116. The third-order valence-electron chi connectivity index (χ3n) is 8.42. The smallest absolute Gasteiger partial charge is 0.410 e. The van der Waals surface area contributed by atoms with E-state index in [0.29, 0.717) is 23.3 Å². The van der Waals surface area contributed by atoms with Crippen molar-refractivity contribution in [2.24, 2.45) is 0 Å². The Bertz CT molecular complexity index is 1820. The van der Waals surface area contributed by atoms with E-state index in [1.54, 1.807) is 38.6 Å². The molecule has 1 unspecified atom stereocenters. The van der Waals surface area contributed by atoms with Crippen LogP contribution < -0.4 is 10.1 Å². The molecular weight excluding hydrogens is 635 g/mol. The summed E-state index contributed by atoms with van der Waals surface area (Å²) in [5.41, 5.74) is 5.09. The summed E-state index contributed by atoms with van der Waals surface area (Å²) < 4.78 is 34.7. The third kappa shape index (κ3) is 9.18. The molecule has 1 aromatic heterocycles. The number of benzene rings is 3. The summed E-state index contributed by atoms with van der Waals surface area (Å²) in [5.74, 6) is -0.140. The summed E-state index contributed by atoms with van der Waals surface area (Å²) in [6, 6.07) is 23.9. The van der Waals surface area contributed by atoms with E-state index in [9.17, 15) is 9.59 Å². The zero-order chi connectivity index (χ0) is 35.7. The summed E-state index contributed by atoms with van der Waals surface area (Å²) in [5, 5.41) is 7.24. The number of rotatable bonds is 12. The standard InChI is InChI=1S/C40H47FN4O5/c1-6-32(28-13-8-7-9-14-28)37(30-19-22-34-33(27-30)38(41)43-45(34)36-16-10-11-25-49-36)29-17-20-31(21-18-29)48-26-24-44(23-12-15-35(46)42-5)39(47)50-40(2,3)4/h7-9,12-15,17-22,27,36H,6,10-11,16,23-26H2,1-5H3,(H,42,46)/b15-12+,37-32+. The van der Waals surface area contributed by atoms with Gasteiger partial charge in [0.15, 0.2) is 6.23 Å². The van der Waals surface area contributed by atoms with Crippen LogP contribution in [0.5, 0.6) is 5.75 Å². The molecule has 0 radical (unpaired) electrons.